The van der Waals surface area contributed by atoms with Crippen LogP contribution in [0.5, 0.6) is 17.2 Å². The third kappa shape index (κ3) is 2.92. The van der Waals surface area contributed by atoms with Crippen molar-refractivity contribution in [3.63, 3.8) is 0 Å². The second-order valence-corrected chi connectivity index (χ2v) is 9.28. The van der Waals surface area contributed by atoms with Crippen LogP contribution < -0.4 is 14.2 Å². The van der Waals surface area contributed by atoms with E-state index in [9.17, 15) is 32.7 Å². The van der Waals surface area contributed by atoms with E-state index in [-0.39, 0.29) is 46.6 Å². The van der Waals surface area contributed by atoms with Crippen molar-refractivity contribution in [1.82, 2.24) is 9.88 Å². The lowest BCUT2D eigenvalue weighted by Gasteiger charge is -2.27. The number of aromatic amines is 1. The number of aromatic nitrogens is 1. The molecule has 3 heterocycles. The van der Waals surface area contributed by atoms with Crippen LogP contribution in [0, 0.1) is 5.92 Å². The summed E-state index contributed by atoms with van der Waals surface area (Å²) < 4.78 is 62.9. The Balaban J connectivity index is 1.45. The quantitative estimate of drug-likeness (QED) is 0.504. The fourth-order valence-corrected chi connectivity index (χ4v) is 5.89. The molecule has 10 nitrogen and oxygen atoms in total. The van der Waals surface area contributed by atoms with Crippen molar-refractivity contribution in [1.29, 1.82) is 0 Å². The molecule has 13 heteroatoms. The number of aromatic carboxylic acids is 1. The molecule has 2 fully saturated rings. The van der Waals surface area contributed by atoms with Crippen molar-refractivity contribution < 1.29 is 51.3 Å². The van der Waals surface area contributed by atoms with Crippen molar-refractivity contribution in [2.45, 2.75) is 18.0 Å². The maximum atomic E-state index is 13.7. The minimum absolute atomic E-state index is 0.0732. The Labute approximate surface area is 211 Å². The van der Waals surface area contributed by atoms with Gasteiger partial charge < -0.3 is 33.6 Å². The number of likely N-dealkylation sites (tertiary alicyclic amines) is 1. The van der Waals surface area contributed by atoms with Gasteiger partial charge in [-0.2, -0.15) is 13.2 Å². The molecule has 0 bridgehead atoms. The van der Waals surface area contributed by atoms with E-state index in [2.05, 4.69) is 0 Å². The highest BCUT2D eigenvalue weighted by Gasteiger charge is 2.69. The molecular formula is C25H19F3N2O8. The van der Waals surface area contributed by atoms with Gasteiger partial charge in [-0.25, -0.2) is 4.79 Å². The molecule has 2 aliphatic carbocycles. The summed E-state index contributed by atoms with van der Waals surface area (Å²) in [6.07, 6.45) is -3.61. The number of hydrogen-bond donors (Lipinski definition) is 2. The third-order valence-electron chi connectivity index (χ3n) is 7.48. The van der Waals surface area contributed by atoms with E-state index in [0.717, 1.165) is 6.08 Å². The number of ether oxygens (including phenoxy) is 3. The first-order chi connectivity index (χ1) is 18.0. The maximum Gasteiger partial charge on any atom is 0.432 e. The zero-order valence-corrected chi connectivity index (χ0v) is 20.1. The summed E-state index contributed by atoms with van der Waals surface area (Å²) in [6, 6.07) is 3.04. The summed E-state index contributed by atoms with van der Waals surface area (Å²) >= 11 is 0. The average molecular weight is 532 g/mol. The first kappa shape index (κ1) is 23.9. The van der Waals surface area contributed by atoms with Gasteiger partial charge in [0, 0.05) is 34.7 Å². The van der Waals surface area contributed by atoms with Crippen molar-refractivity contribution in [3.8, 4) is 17.2 Å². The molecule has 198 valence electrons. The molecule has 0 radical (unpaired) electrons. The van der Waals surface area contributed by atoms with E-state index >= 15 is 0 Å². The summed E-state index contributed by atoms with van der Waals surface area (Å²) in [7, 11) is 4.23. The number of H-pyrrole nitrogens is 1. The maximum absolute atomic E-state index is 13.7. The lowest BCUT2D eigenvalue weighted by atomic mass is 9.82. The highest BCUT2D eigenvalue weighted by molar-refractivity contribution is 6.11. The fraction of sp³-hybridized carbons (Fsp3) is 0.320. The summed E-state index contributed by atoms with van der Waals surface area (Å²) in [4.78, 5) is 41.8. The number of carbonyl (C=O) groups excluding carboxylic acids is 2. The number of halogens is 3. The number of rotatable bonds is 5. The van der Waals surface area contributed by atoms with E-state index in [4.69, 9.17) is 18.6 Å². The monoisotopic (exact) mass is 532 g/mol. The highest BCUT2D eigenvalue weighted by Crippen LogP contribution is 2.68. The first-order valence-electron chi connectivity index (χ1n) is 11.4. The van der Waals surface area contributed by atoms with E-state index < -0.39 is 46.2 Å². The Morgan fingerprint density at radius 2 is 1.87 bits per heavy atom. The van der Waals surface area contributed by atoms with Crippen LogP contribution in [0.2, 0.25) is 0 Å². The number of methoxy groups -OCH3 is 3. The second-order valence-electron chi connectivity index (χ2n) is 9.28. The van der Waals surface area contributed by atoms with E-state index in [1.807, 2.05) is 4.98 Å². The molecule has 1 aliphatic heterocycles. The van der Waals surface area contributed by atoms with Crippen LogP contribution >= 0.6 is 0 Å². The number of fused-ring (bicyclic) bond motifs is 2. The molecule has 0 unspecified atom stereocenters. The van der Waals surface area contributed by atoms with Gasteiger partial charge >= 0.3 is 12.1 Å². The van der Waals surface area contributed by atoms with E-state index in [1.165, 1.54) is 32.3 Å². The molecule has 6 rings (SSSR count). The smallest absolute Gasteiger partial charge is 0.432 e. The SMILES string of the molecule is COc1cc2cc(C(=O)N3C[C@H]4C[C@@]45C3=CC(=O)c3[nH]c(C(F)(F)F)c(C(=O)O)c35)oc2c(OC)c1OC. The molecule has 1 aromatic carbocycles. The van der Waals surface area contributed by atoms with Gasteiger partial charge in [-0.1, -0.05) is 0 Å². The Kier molecular flexibility index (Phi) is 4.76. The van der Waals surface area contributed by atoms with E-state index in [1.54, 1.807) is 6.07 Å². The Bertz CT molecular complexity index is 1610. The van der Waals surface area contributed by atoms with Crippen LogP contribution in [0.4, 0.5) is 13.2 Å². The van der Waals surface area contributed by atoms with Crippen LogP contribution in [0.15, 0.2) is 28.3 Å². The summed E-state index contributed by atoms with van der Waals surface area (Å²) in [5, 5.41) is 10.2. The number of benzene rings is 1. The average Bonchev–Trinajstić information content (AvgIpc) is 3.20. The zero-order valence-electron chi connectivity index (χ0n) is 20.1. The Morgan fingerprint density at radius 3 is 2.47 bits per heavy atom. The second kappa shape index (κ2) is 7.55. The molecule has 2 N–H and O–H groups in total. The number of nitrogens with one attached hydrogen (secondary N) is 1. The molecule has 1 saturated carbocycles. The molecule has 3 aliphatic rings. The Morgan fingerprint density at radius 1 is 1.16 bits per heavy atom. The molecule has 2 aromatic heterocycles. The lowest BCUT2D eigenvalue weighted by molar-refractivity contribution is -0.141. The van der Waals surface area contributed by atoms with Gasteiger partial charge in [0.1, 0.15) is 5.69 Å². The molecule has 38 heavy (non-hydrogen) atoms. The number of furan rings is 1. The van der Waals surface area contributed by atoms with Gasteiger partial charge in [0.05, 0.1) is 32.6 Å². The highest BCUT2D eigenvalue weighted by atomic mass is 19.4. The van der Waals surface area contributed by atoms with Gasteiger partial charge in [0.25, 0.3) is 5.91 Å². The molecular weight excluding hydrogens is 513 g/mol. The summed E-state index contributed by atoms with van der Waals surface area (Å²) in [6.45, 7) is 0.0732. The summed E-state index contributed by atoms with van der Waals surface area (Å²) in [5.74, 6) is -2.99. The predicted octanol–water partition coefficient (Wildman–Crippen LogP) is 4.00. The van der Waals surface area contributed by atoms with Crippen LogP contribution in [-0.4, -0.2) is 60.5 Å². The van der Waals surface area contributed by atoms with Crippen LogP contribution in [-0.2, 0) is 11.6 Å². The number of nitrogens with zero attached hydrogens (tertiary/aromatic N) is 1. The van der Waals surface area contributed by atoms with Gasteiger partial charge in [-0.05, 0) is 24.5 Å². The minimum Gasteiger partial charge on any atom is -0.493 e. The topological polar surface area (TPSA) is 131 Å². The number of piperidine rings is 1. The van der Waals surface area contributed by atoms with Crippen molar-refractivity contribution in [2.24, 2.45) is 5.92 Å². The molecule has 2 atom stereocenters. The zero-order chi connectivity index (χ0) is 27.3. The number of carbonyl (C=O) groups is 3. The first-order valence-corrected chi connectivity index (χ1v) is 11.4. The number of allylic oxidation sites excluding steroid dienone is 2. The van der Waals surface area contributed by atoms with Crippen molar-refractivity contribution in [3.05, 3.63) is 52.2 Å². The number of amides is 1. The minimum atomic E-state index is -5.02. The molecule has 1 spiro atoms. The lowest BCUT2D eigenvalue weighted by Crippen LogP contribution is -2.34. The van der Waals surface area contributed by atoms with Crippen molar-refractivity contribution in [2.75, 3.05) is 27.9 Å². The van der Waals surface area contributed by atoms with E-state index in [0.29, 0.717) is 17.6 Å². The van der Waals surface area contributed by atoms with Gasteiger partial charge in [0.15, 0.2) is 17.1 Å². The third-order valence-corrected chi connectivity index (χ3v) is 7.48. The van der Waals surface area contributed by atoms with Crippen molar-refractivity contribution >= 4 is 28.6 Å². The summed E-state index contributed by atoms with van der Waals surface area (Å²) in [5.41, 5.74) is -3.95. The van der Waals surface area contributed by atoms with Gasteiger partial charge in [0.2, 0.25) is 17.3 Å². The van der Waals surface area contributed by atoms with Crippen LogP contribution in [0.3, 0.4) is 0 Å². The predicted molar refractivity (Wildman–Crippen MR) is 122 cm³/mol. The number of ketones is 1. The van der Waals surface area contributed by atoms with Crippen LogP contribution in [0.1, 0.15) is 49.1 Å². The Hall–Kier alpha value is -4.42. The molecule has 3 aromatic rings. The number of carboxylic acid groups (broad SMARTS) is 1. The number of carboxylic acids is 1. The van der Waals surface area contributed by atoms with Crippen LogP contribution in [0.25, 0.3) is 11.0 Å². The standard InChI is InChI=1S/C25H19F3N2O8/c1-35-12-4-9-5-13(38-18(9)20(37-3)19(12)36-2)22(32)30-8-10-7-24(10)14(30)6-11(31)17-16(24)15(23(33)34)21(29-17)25(26,27)28/h4-6,10,29H,7-8H2,1-3H3,(H,33,34)/t10-,24+/m1/s1. The number of alkyl halides is 3. The number of hydrogen-bond acceptors (Lipinski definition) is 7. The molecule has 1 saturated heterocycles. The van der Waals surface area contributed by atoms with Gasteiger partial charge in [-0.3, -0.25) is 9.59 Å². The fourth-order valence-electron chi connectivity index (χ4n) is 5.89. The molecule has 1 amide bonds. The normalized spacial score (nSPS) is 21.5. The van der Waals surface area contributed by atoms with Gasteiger partial charge in [-0.15, -0.1) is 0 Å². The largest absolute Gasteiger partial charge is 0.493 e.